The molecule has 0 aliphatic rings. The van der Waals surface area contributed by atoms with Crippen molar-refractivity contribution in [3.63, 3.8) is 0 Å². The van der Waals surface area contributed by atoms with Crippen LogP contribution < -0.4 is 0 Å². The second-order valence-electron chi connectivity index (χ2n) is 4.98. The number of halogens is 1. The van der Waals surface area contributed by atoms with Gasteiger partial charge >= 0.3 is 5.97 Å². The highest BCUT2D eigenvalue weighted by molar-refractivity contribution is 9.10. The van der Waals surface area contributed by atoms with Gasteiger partial charge in [-0.2, -0.15) is 0 Å². The Hall–Kier alpha value is -1.03. The molecule has 3 nitrogen and oxygen atoms in total. The molecule has 0 aliphatic heterocycles. The summed E-state index contributed by atoms with van der Waals surface area (Å²) in [5.41, 5.74) is 1.84. The average molecular weight is 301 g/mol. The van der Waals surface area contributed by atoms with Gasteiger partial charge in [0, 0.05) is 9.89 Å². The maximum absolute atomic E-state index is 10.9. The van der Waals surface area contributed by atoms with Crippen LogP contribution in [0.2, 0.25) is 0 Å². The summed E-state index contributed by atoms with van der Waals surface area (Å²) in [4.78, 5) is 10.9. The van der Waals surface area contributed by atoms with E-state index in [1.54, 1.807) is 0 Å². The zero-order valence-electron chi connectivity index (χ0n) is 10.5. The molecule has 0 spiro atoms. The molecule has 0 bridgehead atoms. The molecule has 4 heteroatoms. The zero-order valence-corrected chi connectivity index (χ0v) is 12.1. The van der Waals surface area contributed by atoms with Gasteiger partial charge in [0.1, 0.15) is 5.75 Å². The van der Waals surface area contributed by atoms with Crippen LogP contribution >= 0.6 is 15.9 Å². The van der Waals surface area contributed by atoms with E-state index in [0.29, 0.717) is 0 Å². The SMILES string of the molecule is Cc1cc(Br)c(C(C)(C)CC(=O)O)c(C)c1O. The number of aryl methyl sites for hydroxylation is 1. The number of carbonyl (C=O) groups is 1. The van der Waals surface area contributed by atoms with Gasteiger partial charge in [0.05, 0.1) is 6.42 Å². The topological polar surface area (TPSA) is 57.5 Å². The largest absolute Gasteiger partial charge is 0.507 e. The Morgan fingerprint density at radius 3 is 2.41 bits per heavy atom. The smallest absolute Gasteiger partial charge is 0.304 e. The van der Waals surface area contributed by atoms with Gasteiger partial charge in [0.2, 0.25) is 0 Å². The fourth-order valence-corrected chi connectivity index (χ4v) is 3.40. The lowest BCUT2D eigenvalue weighted by molar-refractivity contribution is -0.138. The van der Waals surface area contributed by atoms with E-state index in [1.165, 1.54) is 0 Å². The lowest BCUT2D eigenvalue weighted by Crippen LogP contribution is -2.23. The van der Waals surface area contributed by atoms with Crippen molar-refractivity contribution in [3.05, 3.63) is 27.2 Å². The van der Waals surface area contributed by atoms with Gasteiger partial charge in [-0.3, -0.25) is 4.79 Å². The van der Waals surface area contributed by atoms with Crippen molar-refractivity contribution in [3.8, 4) is 5.75 Å². The molecule has 0 heterocycles. The average Bonchev–Trinajstić information content (AvgIpc) is 2.11. The number of rotatable bonds is 3. The van der Waals surface area contributed by atoms with Crippen LogP contribution in [-0.4, -0.2) is 16.2 Å². The first-order valence-corrected chi connectivity index (χ1v) is 6.17. The molecule has 0 radical (unpaired) electrons. The van der Waals surface area contributed by atoms with Crippen molar-refractivity contribution in [2.75, 3.05) is 0 Å². The van der Waals surface area contributed by atoms with Gasteiger partial charge in [-0.25, -0.2) is 0 Å². The highest BCUT2D eigenvalue weighted by atomic mass is 79.9. The highest BCUT2D eigenvalue weighted by Crippen LogP contribution is 2.40. The van der Waals surface area contributed by atoms with E-state index < -0.39 is 11.4 Å². The lowest BCUT2D eigenvalue weighted by atomic mass is 9.78. The molecule has 2 N–H and O–H groups in total. The van der Waals surface area contributed by atoms with Gasteiger partial charge in [-0.05, 0) is 36.6 Å². The Bertz CT molecular complexity index is 464. The van der Waals surface area contributed by atoms with E-state index in [2.05, 4.69) is 15.9 Å². The minimum Gasteiger partial charge on any atom is -0.507 e. The minimum absolute atomic E-state index is 0.0228. The Kier molecular flexibility index (Phi) is 3.87. The summed E-state index contributed by atoms with van der Waals surface area (Å²) in [7, 11) is 0. The molecule has 0 saturated carbocycles. The summed E-state index contributed by atoms with van der Waals surface area (Å²) < 4.78 is 0.844. The monoisotopic (exact) mass is 300 g/mol. The first-order valence-electron chi connectivity index (χ1n) is 5.37. The molecular weight excluding hydrogens is 284 g/mol. The number of phenols is 1. The molecule has 1 aromatic rings. The second-order valence-corrected chi connectivity index (χ2v) is 5.83. The molecule has 0 fully saturated rings. The molecule has 0 atom stereocenters. The molecule has 0 aromatic heterocycles. The first-order chi connectivity index (χ1) is 7.66. The molecule has 1 aromatic carbocycles. The minimum atomic E-state index is -0.846. The Labute approximate surface area is 110 Å². The van der Waals surface area contributed by atoms with Crippen LogP contribution in [0.5, 0.6) is 5.75 Å². The Morgan fingerprint density at radius 1 is 1.41 bits per heavy atom. The summed E-state index contributed by atoms with van der Waals surface area (Å²) in [6.45, 7) is 7.36. The van der Waals surface area contributed by atoms with Gasteiger partial charge in [-0.15, -0.1) is 0 Å². The maximum Gasteiger partial charge on any atom is 0.304 e. The molecular formula is C13H17BrO3. The normalized spacial score (nSPS) is 11.6. The third-order valence-electron chi connectivity index (χ3n) is 2.96. The molecule has 1 rings (SSSR count). The third kappa shape index (κ3) is 2.80. The molecule has 0 amide bonds. The van der Waals surface area contributed by atoms with Crippen LogP contribution in [0.3, 0.4) is 0 Å². The molecule has 0 saturated heterocycles. The van der Waals surface area contributed by atoms with Crippen molar-refractivity contribution in [1.82, 2.24) is 0 Å². The van der Waals surface area contributed by atoms with E-state index in [4.69, 9.17) is 5.11 Å². The number of carboxylic acid groups (broad SMARTS) is 1. The summed E-state index contributed by atoms with van der Waals surface area (Å²) >= 11 is 3.45. The quantitative estimate of drug-likeness (QED) is 0.898. The van der Waals surface area contributed by atoms with Crippen molar-refractivity contribution < 1.29 is 15.0 Å². The van der Waals surface area contributed by atoms with Crippen molar-refractivity contribution in [1.29, 1.82) is 0 Å². The third-order valence-corrected chi connectivity index (χ3v) is 3.58. The van der Waals surface area contributed by atoms with Crippen LogP contribution in [0.25, 0.3) is 0 Å². The summed E-state index contributed by atoms with van der Waals surface area (Å²) in [5.74, 6) is -0.608. The molecule has 0 aliphatic carbocycles. The Balaban J connectivity index is 3.40. The number of carboxylic acids is 1. The number of benzene rings is 1. The fraction of sp³-hybridized carbons (Fsp3) is 0.462. The van der Waals surface area contributed by atoms with Gasteiger partial charge in [0.15, 0.2) is 0 Å². The zero-order chi connectivity index (χ0) is 13.4. The Morgan fingerprint density at radius 2 is 1.94 bits per heavy atom. The van der Waals surface area contributed by atoms with Crippen molar-refractivity contribution >= 4 is 21.9 Å². The standard InChI is InChI=1S/C13H17BrO3/c1-7-5-9(14)11(8(2)12(7)17)13(3,4)6-10(15)16/h5,17H,6H2,1-4H3,(H,15,16). The van der Waals surface area contributed by atoms with Gasteiger partial charge < -0.3 is 10.2 Å². The molecule has 94 valence electrons. The fourth-order valence-electron chi connectivity index (χ4n) is 2.22. The van der Waals surface area contributed by atoms with Crippen molar-refractivity contribution in [2.24, 2.45) is 0 Å². The lowest BCUT2D eigenvalue weighted by Gasteiger charge is -2.27. The van der Waals surface area contributed by atoms with E-state index in [0.717, 1.165) is 21.2 Å². The maximum atomic E-state index is 10.9. The van der Waals surface area contributed by atoms with Crippen molar-refractivity contribution in [2.45, 2.75) is 39.5 Å². The van der Waals surface area contributed by atoms with Crippen LogP contribution in [-0.2, 0) is 10.2 Å². The molecule has 17 heavy (non-hydrogen) atoms. The van der Waals surface area contributed by atoms with E-state index in [1.807, 2.05) is 33.8 Å². The van der Waals surface area contributed by atoms with Crippen LogP contribution in [0, 0.1) is 13.8 Å². The van der Waals surface area contributed by atoms with E-state index >= 15 is 0 Å². The number of hydrogen-bond acceptors (Lipinski definition) is 2. The van der Waals surface area contributed by atoms with Gasteiger partial charge in [-0.1, -0.05) is 29.8 Å². The van der Waals surface area contributed by atoms with Crippen LogP contribution in [0.15, 0.2) is 10.5 Å². The number of phenolic OH excluding ortho intramolecular Hbond substituents is 1. The summed E-state index contributed by atoms with van der Waals surface area (Å²) in [5, 5.41) is 18.9. The summed E-state index contributed by atoms with van der Waals surface area (Å²) in [6, 6.07) is 1.82. The second kappa shape index (κ2) is 4.69. The highest BCUT2D eigenvalue weighted by Gasteiger charge is 2.29. The predicted octanol–water partition coefficient (Wildman–Crippen LogP) is 3.52. The predicted molar refractivity (Wildman–Crippen MR) is 70.6 cm³/mol. The summed E-state index contributed by atoms with van der Waals surface area (Å²) in [6.07, 6.45) is 0.0228. The first kappa shape index (κ1) is 14.0. The van der Waals surface area contributed by atoms with Crippen LogP contribution in [0.4, 0.5) is 0 Å². The number of aliphatic carboxylic acids is 1. The van der Waals surface area contributed by atoms with Crippen LogP contribution in [0.1, 0.15) is 37.0 Å². The number of aromatic hydroxyl groups is 1. The van der Waals surface area contributed by atoms with E-state index in [9.17, 15) is 9.90 Å². The van der Waals surface area contributed by atoms with Gasteiger partial charge in [0.25, 0.3) is 0 Å². The van der Waals surface area contributed by atoms with E-state index in [-0.39, 0.29) is 12.2 Å². The molecule has 0 unspecified atom stereocenters. The number of hydrogen-bond donors (Lipinski definition) is 2.